The molecular weight excluding hydrogens is 243 g/mol. The first-order valence-corrected chi connectivity index (χ1v) is 5.75. The van der Waals surface area contributed by atoms with Crippen LogP contribution in [-0.2, 0) is 13.1 Å². The third kappa shape index (κ3) is 5.97. The van der Waals surface area contributed by atoms with Gasteiger partial charge in [-0.15, -0.1) is 0 Å². The highest BCUT2D eigenvalue weighted by Crippen LogP contribution is 2.19. The molecule has 0 bridgehead atoms. The van der Waals surface area contributed by atoms with Crippen LogP contribution in [0.5, 0.6) is 0 Å². The van der Waals surface area contributed by atoms with Crippen LogP contribution in [0.3, 0.4) is 0 Å². The van der Waals surface area contributed by atoms with Gasteiger partial charge in [-0.3, -0.25) is 4.98 Å². The van der Waals surface area contributed by atoms with E-state index >= 15 is 0 Å². The van der Waals surface area contributed by atoms with Gasteiger partial charge >= 0.3 is 6.18 Å². The van der Waals surface area contributed by atoms with Gasteiger partial charge in [0.15, 0.2) is 0 Å². The Labute approximate surface area is 105 Å². The van der Waals surface area contributed by atoms with Crippen molar-refractivity contribution in [3.8, 4) is 0 Å². The minimum absolute atomic E-state index is 0.0125. The van der Waals surface area contributed by atoms with E-state index in [-0.39, 0.29) is 6.54 Å². The molecule has 0 radical (unpaired) electrons. The fraction of sp³-hybridized carbons (Fsp3) is 0.583. The van der Waals surface area contributed by atoms with Gasteiger partial charge in [-0.2, -0.15) is 13.2 Å². The molecular formula is C12H18F3N3. The van der Waals surface area contributed by atoms with Crippen LogP contribution in [0.4, 0.5) is 13.2 Å². The maximum Gasteiger partial charge on any atom is 0.390 e. The second-order valence-electron chi connectivity index (χ2n) is 4.25. The molecule has 0 saturated carbocycles. The van der Waals surface area contributed by atoms with Crippen molar-refractivity contribution < 1.29 is 13.2 Å². The molecule has 102 valence electrons. The SMILES string of the molecule is CNCc1cccc(CN(C)CCC(F)(F)F)n1. The minimum atomic E-state index is -4.10. The summed E-state index contributed by atoms with van der Waals surface area (Å²) in [5.41, 5.74) is 1.67. The largest absolute Gasteiger partial charge is 0.390 e. The maximum absolute atomic E-state index is 12.1. The molecule has 18 heavy (non-hydrogen) atoms. The van der Waals surface area contributed by atoms with Crippen LogP contribution in [-0.4, -0.2) is 36.7 Å². The Bertz CT molecular complexity index is 366. The number of hydrogen-bond donors (Lipinski definition) is 1. The average molecular weight is 261 g/mol. The van der Waals surface area contributed by atoms with E-state index in [0.29, 0.717) is 13.1 Å². The van der Waals surface area contributed by atoms with Crippen molar-refractivity contribution in [2.24, 2.45) is 0 Å². The summed E-state index contributed by atoms with van der Waals surface area (Å²) >= 11 is 0. The summed E-state index contributed by atoms with van der Waals surface area (Å²) < 4.78 is 36.2. The molecule has 0 aromatic carbocycles. The molecule has 0 spiro atoms. The van der Waals surface area contributed by atoms with Crippen molar-refractivity contribution in [3.63, 3.8) is 0 Å². The topological polar surface area (TPSA) is 28.2 Å². The van der Waals surface area contributed by atoms with Crippen LogP contribution in [0.1, 0.15) is 17.8 Å². The second-order valence-corrected chi connectivity index (χ2v) is 4.25. The van der Waals surface area contributed by atoms with Crippen LogP contribution >= 0.6 is 0 Å². The van der Waals surface area contributed by atoms with Crippen molar-refractivity contribution in [2.75, 3.05) is 20.6 Å². The molecule has 1 heterocycles. The quantitative estimate of drug-likeness (QED) is 0.850. The predicted molar refractivity (Wildman–Crippen MR) is 64.0 cm³/mol. The van der Waals surface area contributed by atoms with Crippen molar-refractivity contribution in [1.82, 2.24) is 15.2 Å². The minimum Gasteiger partial charge on any atom is -0.314 e. The Balaban J connectivity index is 2.48. The molecule has 0 unspecified atom stereocenters. The van der Waals surface area contributed by atoms with Crippen LogP contribution in [0.25, 0.3) is 0 Å². The maximum atomic E-state index is 12.1. The highest BCUT2D eigenvalue weighted by molar-refractivity contribution is 5.11. The number of halogens is 3. The van der Waals surface area contributed by atoms with Gasteiger partial charge in [0.1, 0.15) is 0 Å². The molecule has 0 aliphatic carbocycles. The second kappa shape index (κ2) is 6.70. The molecule has 6 heteroatoms. The zero-order chi connectivity index (χ0) is 13.6. The van der Waals surface area contributed by atoms with Gasteiger partial charge in [-0.25, -0.2) is 0 Å². The van der Waals surface area contributed by atoms with E-state index in [1.165, 1.54) is 0 Å². The Morgan fingerprint density at radius 2 is 1.94 bits per heavy atom. The molecule has 0 atom stereocenters. The first kappa shape index (κ1) is 14.9. The van der Waals surface area contributed by atoms with Crippen LogP contribution in [0.15, 0.2) is 18.2 Å². The van der Waals surface area contributed by atoms with Crippen LogP contribution in [0, 0.1) is 0 Å². The van der Waals surface area contributed by atoms with E-state index in [2.05, 4.69) is 10.3 Å². The predicted octanol–water partition coefficient (Wildman–Crippen LogP) is 2.19. The van der Waals surface area contributed by atoms with Crippen molar-refractivity contribution >= 4 is 0 Å². The lowest BCUT2D eigenvalue weighted by Gasteiger charge is -2.17. The number of aromatic nitrogens is 1. The van der Waals surface area contributed by atoms with Crippen molar-refractivity contribution in [3.05, 3.63) is 29.6 Å². The van der Waals surface area contributed by atoms with Crippen LogP contribution in [0.2, 0.25) is 0 Å². The van der Waals surface area contributed by atoms with Gasteiger partial charge in [-0.1, -0.05) is 6.07 Å². The molecule has 1 rings (SSSR count). The van der Waals surface area contributed by atoms with Crippen LogP contribution < -0.4 is 5.32 Å². The summed E-state index contributed by atoms with van der Waals surface area (Å²) in [5.74, 6) is 0. The van der Waals surface area contributed by atoms with Crippen molar-refractivity contribution in [1.29, 1.82) is 0 Å². The van der Waals surface area contributed by atoms with E-state index in [4.69, 9.17) is 0 Å². The van der Waals surface area contributed by atoms with Gasteiger partial charge in [0.05, 0.1) is 17.8 Å². The highest BCUT2D eigenvalue weighted by atomic mass is 19.4. The Hall–Kier alpha value is -1.14. The number of alkyl halides is 3. The number of hydrogen-bond acceptors (Lipinski definition) is 3. The lowest BCUT2D eigenvalue weighted by atomic mass is 10.2. The molecule has 0 aliphatic rings. The number of rotatable bonds is 6. The van der Waals surface area contributed by atoms with Gasteiger partial charge in [0.25, 0.3) is 0 Å². The van der Waals surface area contributed by atoms with Gasteiger partial charge in [-0.05, 0) is 26.2 Å². The van der Waals surface area contributed by atoms with Gasteiger partial charge < -0.3 is 10.2 Å². The third-order valence-corrected chi connectivity index (χ3v) is 2.43. The molecule has 1 aromatic heterocycles. The van der Waals surface area contributed by atoms with E-state index < -0.39 is 12.6 Å². The first-order valence-electron chi connectivity index (χ1n) is 5.75. The smallest absolute Gasteiger partial charge is 0.314 e. The molecule has 0 saturated heterocycles. The summed E-state index contributed by atoms with van der Waals surface area (Å²) in [6.45, 7) is 1.06. The van der Waals surface area contributed by atoms with E-state index in [1.54, 1.807) is 11.9 Å². The number of pyridine rings is 1. The molecule has 0 fully saturated rings. The summed E-state index contributed by atoms with van der Waals surface area (Å²) in [4.78, 5) is 5.99. The molecule has 1 aromatic rings. The van der Waals surface area contributed by atoms with Crippen molar-refractivity contribution in [2.45, 2.75) is 25.7 Å². The fourth-order valence-corrected chi connectivity index (χ4v) is 1.57. The fourth-order valence-electron chi connectivity index (χ4n) is 1.57. The number of nitrogens with zero attached hydrogens (tertiary/aromatic N) is 2. The Morgan fingerprint density at radius 3 is 2.56 bits per heavy atom. The van der Waals surface area contributed by atoms with Gasteiger partial charge in [0.2, 0.25) is 0 Å². The van der Waals surface area contributed by atoms with E-state index in [9.17, 15) is 13.2 Å². The average Bonchev–Trinajstić information content (AvgIpc) is 2.26. The third-order valence-electron chi connectivity index (χ3n) is 2.43. The van der Waals surface area contributed by atoms with E-state index in [0.717, 1.165) is 11.4 Å². The zero-order valence-electron chi connectivity index (χ0n) is 10.6. The lowest BCUT2D eigenvalue weighted by Crippen LogP contribution is -2.24. The lowest BCUT2D eigenvalue weighted by molar-refractivity contribution is -0.137. The highest BCUT2D eigenvalue weighted by Gasteiger charge is 2.27. The summed E-state index contributed by atoms with van der Waals surface area (Å²) in [6.07, 6.45) is -4.89. The Kier molecular flexibility index (Phi) is 5.55. The zero-order valence-corrected chi connectivity index (χ0v) is 10.6. The monoisotopic (exact) mass is 261 g/mol. The first-order chi connectivity index (χ1) is 8.40. The normalized spacial score (nSPS) is 12.1. The van der Waals surface area contributed by atoms with E-state index in [1.807, 2.05) is 25.2 Å². The molecule has 0 aliphatic heterocycles. The number of nitrogens with one attached hydrogen (secondary N) is 1. The standard InChI is InChI=1S/C12H18F3N3/c1-16-8-10-4-3-5-11(17-10)9-18(2)7-6-12(13,14)15/h3-5,16H,6-9H2,1-2H3. The summed E-state index contributed by atoms with van der Waals surface area (Å²) in [7, 11) is 3.49. The molecule has 1 N–H and O–H groups in total. The molecule has 0 amide bonds. The Morgan fingerprint density at radius 1 is 1.28 bits per heavy atom. The molecule has 3 nitrogen and oxygen atoms in total. The summed E-state index contributed by atoms with van der Waals surface area (Å²) in [5, 5.41) is 2.98. The van der Waals surface area contributed by atoms with Gasteiger partial charge in [0, 0.05) is 19.6 Å². The summed E-state index contributed by atoms with van der Waals surface area (Å²) in [6, 6.07) is 5.57.